The second-order valence-corrected chi connectivity index (χ2v) is 5.84. The van der Waals surface area contributed by atoms with Crippen molar-refractivity contribution in [1.29, 1.82) is 0 Å². The molecule has 1 heterocycles. The zero-order valence-corrected chi connectivity index (χ0v) is 13.9. The summed E-state index contributed by atoms with van der Waals surface area (Å²) in [5, 5.41) is 3.46. The molecule has 0 bridgehead atoms. The van der Waals surface area contributed by atoms with Crippen LogP contribution in [0, 0.1) is 3.57 Å². The first kappa shape index (κ1) is 15.3. The molecule has 1 amide bonds. The van der Waals surface area contributed by atoms with E-state index in [1.165, 1.54) is 0 Å². The molecular weight excluding hydrogens is 387 g/mol. The monoisotopic (exact) mass is 400 g/mol. The molecule has 0 radical (unpaired) electrons. The summed E-state index contributed by atoms with van der Waals surface area (Å²) in [7, 11) is 0. The van der Waals surface area contributed by atoms with Crippen LogP contribution in [0.4, 0.5) is 0 Å². The minimum Gasteiger partial charge on any atom is -0.346 e. The Morgan fingerprint density at radius 2 is 2.20 bits per heavy atom. The molecule has 0 aliphatic carbocycles. The van der Waals surface area contributed by atoms with Crippen LogP contribution in [0.3, 0.4) is 0 Å². The average molecular weight is 401 g/mol. The number of aromatic nitrogens is 1. The largest absolute Gasteiger partial charge is 0.346 e. The van der Waals surface area contributed by atoms with Gasteiger partial charge in [0.05, 0.1) is 17.3 Å². The SMILES string of the molecule is CCc1cccnc1CNC(=O)c1ccc(I)c(Cl)c1. The third kappa shape index (κ3) is 3.70. The van der Waals surface area contributed by atoms with Crippen LogP contribution in [0.15, 0.2) is 36.5 Å². The van der Waals surface area contributed by atoms with E-state index in [0.717, 1.165) is 21.2 Å². The summed E-state index contributed by atoms with van der Waals surface area (Å²) in [4.78, 5) is 16.4. The molecule has 2 aromatic rings. The lowest BCUT2D eigenvalue weighted by atomic mass is 10.1. The van der Waals surface area contributed by atoms with Crippen molar-refractivity contribution < 1.29 is 4.79 Å². The third-order valence-corrected chi connectivity index (χ3v) is 4.54. The summed E-state index contributed by atoms with van der Waals surface area (Å²) in [5.74, 6) is -0.143. The van der Waals surface area contributed by atoms with Crippen LogP contribution in [0.5, 0.6) is 0 Å². The first-order valence-corrected chi connectivity index (χ1v) is 7.73. The normalized spacial score (nSPS) is 10.3. The van der Waals surface area contributed by atoms with Gasteiger partial charge in [-0.2, -0.15) is 0 Å². The molecule has 20 heavy (non-hydrogen) atoms. The lowest BCUT2D eigenvalue weighted by Crippen LogP contribution is -2.24. The maximum Gasteiger partial charge on any atom is 0.251 e. The van der Waals surface area contributed by atoms with Crippen LogP contribution >= 0.6 is 34.2 Å². The van der Waals surface area contributed by atoms with Gasteiger partial charge in [0.25, 0.3) is 5.91 Å². The number of carbonyl (C=O) groups is 1. The van der Waals surface area contributed by atoms with Crippen molar-refractivity contribution in [3.8, 4) is 0 Å². The number of nitrogens with one attached hydrogen (secondary N) is 1. The highest BCUT2D eigenvalue weighted by molar-refractivity contribution is 14.1. The average Bonchev–Trinajstić information content (AvgIpc) is 2.47. The molecule has 0 fully saturated rings. The summed E-state index contributed by atoms with van der Waals surface area (Å²) < 4.78 is 0.929. The highest BCUT2D eigenvalue weighted by Gasteiger charge is 2.09. The molecule has 1 aromatic heterocycles. The maximum atomic E-state index is 12.1. The standard InChI is InChI=1S/C15H14ClIN2O/c1-2-10-4-3-7-18-14(10)9-19-15(20)11-5-6-13(17)12(16)8-11/h3-8H,2,9H2,1H3,(H,19,20). The Hall–Kier alpha value is -1.14. The molecule has 0 aliphatic rings. The van der Waals surface area contributed by atoms with E-state index in [2.05, 4.69) is 39.8 Å². The first-order valence-electron chi connectivity index (χ1n) is 6.28. The fraction of sp³-hybridized carbons (Fsp3) is 0.200. The number of pyridine rings is 1. The lowest BCUT2D eigenvalue weighted by Gasteiger charge is -2.08. The molecule has 2 rings (SSSR count). The van der Waals surface area contributed by atoms with E-state index >= 15 is 0 Å². The second-order valence-electron chi connectivity index (χ2n) is 4.27. The summed E-state index contributed by atoms with van der Waals surface area (Å²) in [6, 6.07) is 9.20. The molecule has 0 aliphatic heterocycles. The van der Waals surface area contributed by atoms with Gasteiger partial charge in [-0.25, -0.2) is 0 Å². The van der Waals surface area contributed by atoms with E-state index < -0.39 is 0 Å². The summed E-state index contributed by atoms with van der Waals surface area (Å²) >= 11 is 8.15. The van der Waals surface area contributed by atoms with Gasteiger partial charge in [-0.3, -0.25) is 9.78 Å². The summed E-state index contributed by atoms with van der Waals surface area (Å²) in [5.41, 5.74) is 2.61. The van der Waals surface area contributed by atoms with E-state index in [1.54, 1.807) is 18.3 Å². The first-order chi connectivity index (χ1) is 9.61. The van der Waals surface area contributed by atoms with E-state index in [1.807, 2.05) is 18.2 Å². The van der Waals surface area contributed by atoms with Crippen molar-refractivity contribution >= 4 is 40.1 Å². The molecule has 104 valence electrons. The van der Waals surface area contributed by atoms with Crippen LogP contribution < -0.4 is 5.32 Å². The van der Waals surface area contributed by atoms with Gasteiger partial charge in [0.15, 0.2) is 0 Å². The molecule has 0 saturated heterocycles. The fourth-order valence-electron chi connectivity index (χ4n) is 1.86. The van der Waals surface area contributed by atoms with Gasteiger partial charge in [-0.05, 0) is 58.8 Å². The molecule has 3 nitrogen and oxygen atoms in total. The minimum atomic E-state index is -0.143. The van der Waals surface area contributed by atoms with E-state index in [9.17, 15) is 4.79 Å². The Morgan fingerprint density at radius 3 is 2.90 bits per heavy atom. The number of hydrogen-bond donors (Lipinski definition) is 1. The Labute approximate surface area is 136 Å². The number of halogens is 2. The van der Waals surface area contributed by atoms with Crippen molar-refractivity contribution in [2.75, 3.05) is 0 Å². The van der Waals surface area contributed by atoms with Crippen LogP contribution in [-0.4, -0.2) is 10.9 Å². The second kappa shape index (κ2) is 7.04. The van der Waals surface area contributed by atoms with Gasteiger partial charge in [-0.15, -0.1) is 0 Å². The van der Waals surface area contributed by atoms with Crippen molar-refractivity contribution in [3.05, 3.63) is 61.9 Å². The van der Waals surface area contributed by atoms with Gasteiger partial charge in [0, 0.05) is 15.3 Å². The van der Waals surface area contributed by atoms with Gasteiger partial charge in [0.1, 0.15) is 0 Å². The molecule has 0 saturated carbocycles. The van der Waals surface area contributed by atoms with Gasteiger partial charge < -0.3 is 5.32 Å². The molecule has 0 unspecified atom stereocenters. The number of nitrogens with zero attached hydrogens (tertiary/aromatic N) is 1. The highest BCUT2D eigenvalue weighted by Crippen LogP contribution is 2.19. The van der Waals surface area contributed by atoms with Crippen molar-refractivity contribution in [3.63, 3.8) is 0 Å². The maximum absolute atomic E-state index is 12.1. The quantitative estimate of drug-likeness (QED) is 0.793. The number of hydrogen-bond acceptors (Lipinski definition) is 2. The minimum absolute atomic E-state index is 0.143. The number of benzene rings is 1. The molecule has 0 atom stereocenters. The van der Waals surface area contributed by atoms with Crippen molar-refractivity contribution in [1.82, 2.24) is 10.3 Å². The van der Waals surface area contributed by atoms with E-state index in [-0.39, 0.29) is 5.91 Å². The fourth-order valence-corrected chi connectivity index (χ4v) is 2.37. The van der Waals surface area contributed by atoms with E-state index in [0.29, 0.717) is 17.1 Å². The molecule has 0 spiro atoms. The smallest absolute Gasteiger partial charge is 0.251 e. The predicted molar refractivity (Wildman–Crippen MR) is 89.0 cm³/mol. The summed E-state index contributed by atoms with van der Waals surface area (Å²) in [6.45, 7) is 2.49. The highest BCUT2D eigenvalue weighted by atomic mass is 127. The number of amides is 1. The third-order valence-electron chi connectivity index (χ3n) is 2.96. The number of rotatable bonds is 4. The number of carbonyl (C=O) groups excluding carboxylic acids is 1. The van der Waals surface area contributed by atoms with Gasteiger partial charge in [-0.1, -0.05) is 24.6 Å². The van der Waals surface area contributed by atoms with Crippen LogP contribution in [0.25, 0.3) is 0 Å². The number of aryl methyl sites for hydroxylation is 1. The predicted octanol–water partition coefficient (Wildman–Crippen LogP) is 3.83. The Morgan fingerprint density at radius 1 is 1.40 bits per heavy atom. The zero-order valence-electron chi connectivity index (χ0n) is 11.0. The van der Waals surface area contributed by atoms with Crippen LogP contribution in [0.1, 0.15) is 28.5 Å². The Bertz CT molecular complexity index is 631. The molecule has 5 heteroatoms. The Balaban J connectivity index is 2.06. The Kier molecular flexibility index (Phi) is 5.37. The van der Waals surface area contributed by atoms with Crippen molar-refractivity contribution in [2.24, 2.45) is 0 Å². The molecule has 1 aromatic carbocycles. The van der Waals surface area contributed by atoms with Crippen molar-refractivity contribution in [2.45, 2.75) is 19.9 Å². The zero-order chi connectivity index (χ0) is 14.5. The summed E-state index contributed by atoms with van der Waals surface area (Å²) in [6.07, 6.45) is 2.64. The van der Waals surface area contributed by atoms with Crippen LogP contribution in [-0.2, 0) is 13.0 Å². The van der Waals surface area contributed by atoms with Crippen LogP contribution in [0.2, 0.25) is 5.02 Å². The topological polar surface area (TPSA) is 42.0 Å². The molecular formula is C15H14ClIN2O. The van der Waals surface area contributed by atoms with Gasteiger partial charge >= 0.3 is 0 Å². The van der Waals surface area contributed by atoms with E-state index in [4.69, 9.17) is 11.6 Å². The lowest BCUT2D eigenvalue weighted by molar-refractivity contribution is 0.0950. The van der Waals surface area contributed by atoms with Gasteiger partial charge in [0.2, 0.25) is 0 Å². The molecule has 1 N–H and O–H groups in total.